The van der Waals surface area contributed by atoms with E-state index in [1.54, 1.807) is 31.3 Å². The summed E-state index contributed by atoms with van der Waals surface area (Å²) >= 11 is 0. The van der Waals surface area contributed by atoms with Crippen LogP contribution in [0.25, 0.3) is 0 Å². The molecule has 0 spiro atoms. The highest BCUT2D eigenvalue weighted by molar-refractivity contribution is 6.02. The average molecular weight is 417 g/mol. The first-order chi connectivity index (χ1) is 14.3. The zero-order valence-electron chi connectivity index (χ0n) is 16.2. The number of rotatable bonds is 5. The van der Waals surface area contributed by atoms with Crippen LogP contribution in [-0.2, 0) is 17.9 Å². The second-order valence-electron chi connectivity index (χ2n) is 6.98. The molecular formula is C19H18F3N7O. The van der Waals surface area contributed by atoms with E-state index < -0.39 is 17.5 Å². The molecular weight excluding hydrogens is 399 g/mol. The largest absolute Gasteiger partial charge is 0.350 e. The Hall–Kier alpha value is -3.63. The number of carbonyl (C=O) groups is 1. The van der Waals surface area contributed by atoms with Crippen LogP contribution in [0.4, 0.5) is 30.6 Å². The van der Waals surface area contributed by atoms with E-state index in [-0.39, 0.29) is 24.1 Å². The third kappa shape index (κ3) is 3.78. The lowest BCUT2D eigenvalue weighted by molar-refractivity contribution is -0.117. The van der Waals surface area contributed by atoms with Gasteiger partial charge in [0.25, 0.3) is 0 Å². The van der Waals surface area contributed by atoms with Gasteiger partial charge < -0.3 is 15.5 Å². The van der Waals surface area contributed by atoms with Crippen LogP contribution in [0.5, 0.6) is 0 Å². The molecule has 8 nitrogen and oxygen atoms in total. The van der Waals surface area contributed by atoms with Gasteiger partial charge in [0.1, 0.15) is 11.7 Å². The number of hydrogen-bond donors (Lipinski definition) is 2. The molecule has 156 valence electrons. The van der Waals surface area contributed by atoms with Crippen molar-refractivity contribution in [2.24, 2.45) is 0 Å². The van der Waals surface area contributed by atoms with Gasteiger partial charge in [-0.2, -0.15) is 10.1 Å². The van der Waals surface area contributed by atoms with Gasteiger partial charge in [-0.15, -0.1) is 0 Å². The van der Waals surface area contributed by atoms with Crippen molar-refractivity contribution in [2.75, 3.05) is 22.6 Å². The number of aromatic nitrogens is 4. The Bertz CT molecular complexity index is 1090. The summed E-state index contributed by atoms with van der Waals surface area (Å²) in [7, 11) is 1.78. The number of halogens is 3. The van der Waals surface area contributed by atoms with Crippen LogP contribution in [0, 0.1) is 17.5 Å². The first kappa shape index (κ1) is 19.7. The van der Waals surface area contributed by atoms with Gasteiger partial charge in [-0.1, -0.05) is 0 Å². The van der Waals surface area contributed by atoms with Crippen molar-refractivity contribution in [3.63, 3.8) is 0 Å². The minimum absolute atomic E-state index is 0.0891. The summed E-state index contributed by atoms with van der Waals surface area (Å²) in [6, 6.07) is 1.53. The van der Waals surface area contributed by atoms with Crippen molar-refractivity contribution >= 4 is 23.4 Å². The molecule has 1 amide bonds. The van der Waals surface area contributed by atoms with Crippen molar-refractivity contribution in [3.8, 4) is 0 Å². The Balaban J connectivity index is 1.42. The molecule has 3 aromatic rings. The maximum absolute atomic E-state index is 13.4. The second-order valence-corrected chi connectivity index (χ2v) is 6.98. The summed E-state index contributed by atoms with van der Waals surface area (Å²) < 4.78 is 41.3. The molecule has 1 aromatic carbocycles. The van der Waals surface area contributed by atoms with Gasteiger partial charge in [-0.05, 0) is 24.6 Å². The molecule has 3 heterocycles. The molecule has 0 bridgehead atoms. The highest BCUT2D eigenvalue weighted by Crippen LogP contribution is 2.28. The Morgan fingerprint density at radius 1 is 1.17 bits per heavy atom. The molecule has 2 aromatic heterocycles. The van der Waals surface area contributed by atoms with E-state index in [1.807, 2.05) is 0 Å². The summed E-state index contributed by atoms with van der Waals surface area (Å²) in [6.07, 6.45) is 4.82. The number of benzene rings is 1. The topological polar surface area (TPSA) is 88.0 Å². The van der Waals surface area contributed by atoms with Crippen LogP contribution in [-0.4, -0.2) is 38.7 Å². The highest BCUT2D eigenvalue weighted by atomic mass is 19.2. The first-order valence-electron chi connectivity index (χ1n) is 9.11. The van der Waals surface area contributed by atoms with Gasteiger partial charge in [0.05, 0.1) is 18.9 Å². The van der Waals surface area contributed by atoms with Crippen molar-refractivity contribution < 1.29 is 18.0 Å². The van der Waals surface area contributed by atoms with Crippen LogP contribution in [0.15, 0.2) is 30.7 Å². The van der Waals surface area contributed by atoms with Crippen molar-refractivity contribution in [1.29, 1.82) is 0 Å². The molecule has 1 atom stereocenters. The van der Waals surface area contributed by atoms with Crippen LogP contribution in [0.2, 0.25) is 0 Å². The third-order valence-electron chi connectivity index (χ3n) is 4.85. The molecule has 0 radical (unpaired) electrons. The zero-order valence-corrected chi connectivity index (χ0v) is 16.2. The van der Waals surface area contributed by atoms with Gasteiger partial charge in [-0.25, -0.2) is 18.2 Å². The zero-order chi connectivity index (χ0) is 21.4. The van der Waals surface area contributed by atoms with Gasteiger partial charge >= 0.3 is 0 Å². The normalized spacial score (nSPS) is 15.7. The van der Waals surface area contributed by atoms with E-state index in [2.05, 4.69) is 25.7 Å². The fourth-order valence-electron chi connectivity index (χ4n) is 3.06. The molecule has 0 aliphatic carbocycles. The van der Waals surface area contributed by atoms with E-state index in [4.69, 9.17) is 0 Å². The number of amides is 1. The van der Waals surface area contributed by atoms with E-state index in [0.29, 0.717) is 24.0 Å². The molecule has 11 heteroatoms. The SMILES string of the molecule is C[C@H]1C(=O)Nc2cnc(NCc3cnn(Cc4cc(F)c(F)c(F)c4)c3)nc2N1C. The van der Waals surface area contributed by atoms with Gasteiger partial charge in [0.2, 0.25) is 11.9 Å². The standard InChI is InChI=1S/C19H18F3N7O/c1-10-18(30)26-15-7-24-19(27-17(15)28(10)2)23-5-12-6-25-29(9-12)8-11-3-13(20)16(22)14(21)4-11/h3-4,6-7,9-10H,5,8H2,1-2H3,(H,26,30)(H,23,24,27)/t10-/m0/s1. The van der Waals surface area contributed by atoms with E-state index >= 15 is 0 Å². The van der Waals surface area contributed by atoms with E-state index in [1.165, 1.54) is 10.9 Å². The lowest BCUT2D eigenvalue weighted by Gasteiger charge is -2.31. The van der Waals surface area contributed by atoms with Crippen molar-refractivity contribution in [3.05, 3.63) is 59.3 Å². The summed E-state index contributed by atoms with van der Waals surface area (Å²) in [6.45, 7) is 2.23. The molecule has 30 heavy (non-hydrogen) atoms. The molecule has 1 aliphatic rings. The summed E-state index contributed by atoms with van der Waals surface area (Å²) in [5.41, 5.74) is 1.58. The molecule has 0 saturated carbocycles. The predicted molar refractivity (Wildman–Crippen MR) is 103 cm³/mol. The van der Waals surface area contributed by atoms with E-state index in [9.17, 15) is 18.0 Å². The summed E-state index contributed by atoms with van der Waals surface area (Å²) in [4.78, 5) is 22.3. The highest BCUT2D eigenvalue weighted by Gasteiger charge is 2.28. The molecule has 2 N–H and O–H groups in total. The maximum atomic E-state index is 13.4. The number of fused-ring (bicyclic) bond motifs is 1. The fraction of sp³-hybridized carbons (Fsp3) is 0.263. The third-order valence-corrected chi connectivity index (χ3v) is 4.85. The lowest BCUT2D eigenvalue weighted by Crippen LogP contribution is -2.44. The second kappa shape index (κ2) is 7.65. The minimum atomic E-state index is -1.49. The molecule has 0 fully saturated rings. The quantitative estimate of drug-likeness (QED) is 0.621. The monoisotopic (exact) mass is 417 g/mol. The van der Waals surface area contributed by atoms with Crippen LogP contribution in [0.1, 0.15) is 18.1 Å². The van der Waals surface area contributed by atoms with Crippen molar-refractivity contribution in [1.82, 2.24) is 19.7 Å². The number of hydrogen-bond acceptors (Lipinski definition) is 6. The Morgan fingerprint density at radius 2 is 1.90 bits per heavy atom. The lowest BCUT2D eigenvalue weighted by atomic mass is 10.2. The number of carbonyl (C=O) groups excluding carboxylic acids is 1. The molecule has 0 unspecified atom stereocenters. The fourth-order valence-corrected chi connectivity index (χ4v) is 3.06. The van der Waals surface area contributed by atoms with Gasteiger partial charge in [0.15, 0.2) is 23.3 Å². The first-order valence-corrected chi connectivity index (χ1v) is 9.11. The number of nitrogens with one attached hydrogen (secondary N) is 2. The van der Waals surface area contributed by atoms with Crippen LogP contribution >= 0.6 is 0 Å². The van der Waals surface area contributed by atoms with Gasteiger partial charge in [0, 0.05) is 25.4 Å². The predicted octanol–water partition coefficient (Wildman–Crippen LogP) is 2.53. The Kier molecular flexibility index (Phi) is 5.02. The smallest absolute Gasteiger partial charge is 0.246 e. The Labute approximate surface area is 169 Å². The van der Waals surface area contributed by atoms with E-state index in [0.717, 1.165) is 17.7 Å². The number of anilines is 3. The Morgan fingerprint density at radius 3 is 2.63 bits per heavy atom. The summed E-state index contributed by atoms with van der Waals surface area (Å²) in [5.74, 6) is -3.11. The van der Waals surface area contributed by atoms with Crippen LogP contribution < -0.4 is 15.5 Å². The van der Waals surface area contributed by atoms with Gasteiger partial charge in [-0.3, -0.25) is 9.48 Å². The van der Waals surface area contributed by atoms with Crippen molar-refractivity contribution in [2.45, 2.75) is 26.1 Å². The number of likely N-dealkylation sites (N-methyl/N-ethyl adjacent to an activating group) is 1. The average Bonchev–Trinajstić information content (AvgIpc) is 3.16. The summed E-state index contributed by atoms with van der Waals surface area (Å²) in [5, 5.41) is 9.98. The molecule has 4 rings (SSSR count). The molecule has 1 aliphatic heterocycles. The number of nitrogens with zero attached hydrogens (tertiary/aromatic N) is 5. The maximum Gasteiger partial charge on any atom is 0.246 e. The van der Waals surface area contributed by atoms with Crippen LogP contribution in [0.3, 0.4) is 0 Å². The minimum Gasteiger partial charge on any atom is -0.350 e. The molecule has 0 saturated heterocycles.